The Morgan fingerprint density at radius 1 is 1.35 bits per heavy atom. The summed E-state index contributed by atoms with van der Waals surface area (Å²) >= 11 is 2.00. The lowest BCUT2D eigenvalue weighted by atomic mass is 10.0. The topological polar surface area (TPSA) is 21.3 Å². The zero-order valence-electron chi connectivity index (χ0n) is 12.9. The highest BCUT2D eigenvalue weighted by Crippen LogP contribution is 2.36. The smallest absolute Gasteiger partial charge is 0.0669 e. The predicted octanol–water partition coefficient (Wildman–Crippen LogP) is 4.41. The molecule has 1 fully saturated rings. The Kier molecular flexibility index (Phi) is 6.40. The molecule has 1 aliphatic heterocycles. The number of hydrogen-bond acceptors (Lipinski definition) is 3. The fraction of sp³-hybridized carbons (Fsp3) is 0.647. The normalized spacial score (nSPS) is 23.9. The van der Waals surface area contributed by atoms with E-state index in [1.54, 1.807) is 0 Å². The minimum absolute atomic E-state index is 0.372. The molecule has 1 heterocycles. The number of nitrogens with one attached hydrogen (secondary N) is 1. The van der Waals surface area contributed by atoms with Gasteiger partial charge < -0.3 is 10.1 Å². The highest BCUT2D eigenvalue weighted by molar-refractivity contribution is 8.00. The molecular weight excluding hydrogens is 266 g/mol. The van der Waals surface area contributed by atoms with Crippen LogP contribution < -0.4 is 5.32 Å². The second kappa shape index (κ2) is 8.06. The second-order valence-corrected chi connectivity index (χ2v) is 6.75. The van der Waals surface area contributed by atoms with Crippen LogP contribution in [0.3, 0.4) is 0 Å². The lowest BCUT2D eigenvalue weighted by Crippen LogP contribution is -2.22. The van der Waals surface area contributed by atoms with Gasteiger partial charge in [-0.2, -0.15) is 0 Å². The second-order valence-electron chi connectivity index (χ2n) is 5.47. The van der Waals surface area contributed by atoms with Gasteiger partial charge in [-0.05, 0) is 44.4 Å². The third kappa shape index (κ3) is 4.00. The Balaban J connectivity index is 2.11. The molecule has 0 saturated carbocycles. The van der Waals surface area contributed by atoms with Gasteiger partial charge in [0.05, 0.1) is 6.10 Å². The predicted molar refractivity (Wildman–Crippen MR) is 87.4 cm³/mol. The molecule has 3 unspecified atom stereocenters. The quantitative estimate of drug-likeness (QED) is 0.805. The van der Waals surface area contributed by atoms with Gasteiger partial charge in [0.2, 0.25) is 0 Å². The van der Waals surface area contributed by atoms with Crippen LogP contribution in [0, 0.1) is 0 Å². The van der Waals surface area contributed by atoms with Crippen molar-refractivity contribution in [3.05, 3.63) is 29.8 Å². The van der Waals surface area contributed by atoms with Crippen molar-refractivity contribution in [1.82, 2.24) is 5.32 Å². The number of hydrogen-bond donors (Lipinski definition) is 1. The van der Waals surface area contributed by atoms with Crippen LogP contribution in [0.5, 0.6) is 0 Å². The van der Waals surface area contributed by atoms with Crippen molar-refractivity contribution in [2.75, 3.05) is 13.2 Å². The lowest BCUT2D eigenvalue weighted by molar-refractivity contribution is 0.127. The molecule has 1 aliphatic rings. The molecule has 0 spiro atoms. The van der Waals surface area contributed by atoms with E-state index in [9.17, 15) is 0 Å². The monoisotopic (exact) mass is 293 g/mol. The zero-order chi connectivity index (χ0) is 14.4. The van der Waals surface area contributed by atoms with Crippen LogP contribution in [0.15, 0.2) is 29.2 Å². The molecule has 3 atom stereocenters. The molecule has 0 bridgehead atoms. The fourth-order valence-corrected chi connectivity index (χ4v) is 4.01. The minimum Gasteiger partial charge on any atom is -0.377 e. The molecule has 1 aromatic carbocycles. The van der Waals surface area contributed by atoms with E-state index < -0.39 is 0 Å². The average molecular weight is 293 g/mol. The first-order valence-corrected chi connectivity index (χ1v) is 8.74. The third-order valence-electron chi connectivity index (χ3n) is 3.93. The van der Waals surface area contributed by atoms with E-state index in [4.69, 9.17) is 4.74 Å². The molecule has 1 N–H and O–H groups in total. The van der Waals surface area contributed by atoms with E-state index in [0.717, 1.165) is 19.6 Å². The summed E-state index contributed by atoms with van der Waals surface area (Å²) in [5, 5.41) is 4.26. The van der Waals surface area contributed by atoms with E-state index in [0.29, 0.717) is 17.4 Å². The van der Waals surface area contributed by atoms with Gasteiger partial charge in [0.25, 0.3) is 0 Å². The van der Waals surface area contributed by atoms with Gasteiger partial charge >= 0.3 is 0 Å². The molecule has 20 heavy (non-hydrogen) atoms. The summed E-state index contributed by atoms with van der Waals surface area (Å²) in [6, 6.07) is 9.32. The van der Waals surface area contributed by atoms with Gasteiger partial charge in [0.1, 0.15) is 0 Å². The average Bonchev–Trinajstić information content (AvgIpc) is 2.87. The van der Waals surface area contributed by atoms with E-state index in [2.05, 4.69) is 50.4 Å². The van der Waals surface area contributed by atoms with Crippen molar-refractivity contribution in [1.29, 1.82) is 0 Å². The van der Waals surface area contributed by atoms with Gasteiger partial charge in [-0.3, -0.25) is 0 Å². The first-order valence-electron chi connectivity index (χ1n) is 7.86. The Morgan fingerprint density at radius 2 is 2.15 bits per heavy atom. The van der Waals surface area contributed by atoms with E-state index in [-0.39, 0.29) is 0 Å². The zero-order valence-corrected chi connectivity index (χ0v) is 13.7. The van der Waals surface area contributed by atoms with E-state index in [1.165, 1.54) is 23.3 Å². The summed E-state index contributed by atoms with van der Waals surface area (Å²) in [4.78, 5) is 1.42. The van der Waals surface area contributed by atoms with Crippen molar-refractivity contribution < 1.29 is 4.74 Å². The van der Waals surface area contributed by atoms with Crippen molar-refractivity contribution in [3.63, 3.8) is 0 Å². The van der Waals surface area contributed by atoms with Crippen molar-refractivity contribution >= 4 is 11.8 Å². The molecule has 2 nitrogen and oxygen atoms in total. The lowest BCUT2D eigenvalue weighted by Gasteiger charge is -2.22. The van der Waals surface area contributed by atoms with Crippen molar-refractivity contribution in [2.24, 2.45) is 0 Å². The van der Waals surface area contributed by atoms with Crippen LogP contribution >= 0.6 is 11.8 Å². The Morgan fingerprint density at radius 3 is 2.80 bits per heavy atom. The fourth-order valence-electron chi connectivity index (χ4n) is 2.70. The highest BCUT2D eigenvalue weighted by Gasteiger charge is 2.26. The molecule has 0 aromatic heterocycles. The van der Waals surface area contributed by atoms with Gasteiger partial charge in [-0.15, -0.1) is 11.8 Å². The van der Waals surface area contributed by atoms with Crippen LogP contribution in [0.4, 0.5) is 0 Å². The first kappa shape index (κ1) is 15.9. The molecule has 1 saturated heterocycles. The van der Waals surface area contributed by atoms with E-state index in [1.807, 2.05) is 11.8 Å². The van der Waals surface area contributed by atoms with Crippen LogP contribution in [-0.2, 0) is 4.74 Å². The summed E-state index contributed by atoms with van der Waals surface area (Å²) in [5.74, 6) is 0. The van der Waals surface area contributed by atoms with Crippen molar-refractivity contribution in [2.45, 2.75) is 62.3 Å². The van der Waals surface area contributed by atoms with Crippen LogP contribution in [-0.4, -0.2) is 24.5 Å². The Bertz CT molecular complexity index is 410. The number of rotatable bonds is 7. The SMILES string of the molecule is CCCNC(CC)c1ccccc1SC1CCOC1C. The maximum absolute atomic E-state index is 5.69. The molecule has 0 amide bonds. The summed E-state index contributed by atoms with van der Waals surface area (Å²) in [6.07, 6.45) is 3.85. The minimum atomic E-state index is 0.372. The maximum atomic E-state index is 5.69. The summed E-state index contributed by atoms with van der Waals surface area (Å²) < 4.78 is 5.69. The maximum Gasteiger partial charge on any atom is 0.0669 e. The summed E-state index contributed by atoms with van der Waals surface area (Å²) in [6.45, 7) is 8.67. The molecular formula is C17H27NOS. The van der Waals surface area contributed by atoms with Gasteiger partial charge in [0, 0.05) is 22.8 Å². The van der Waals surface area contributed by atoms with Crippen molar-refractivity contribution in [3.8, 4) is 0 Å². The molecule has 2 rings (SSSR count). The summed E-state index contributed by atoms with van der Waals surface area (Å²) in [7, 11) is 0. The molecule has 0 radical (unpaired) electrons. The van der Waals surface area contributed by atoms with Gasteiger partial charge in [-0.1, -0.05) is 32.0 Å². The third-order valence-corrected chi connectivity index (χ3v) is 5.48. The molecule has 0 aliphatic carbocycles. The standard InChI is InChI=1S/C17H27NOS/c1-4-11-18-15(5-2)14-8-6-7-9-17(14)20-16-10-12-19-13(16)3/h6-9,13,15-16,18H,4-5,10-12H2,1-3H3. The molecule has 3 heteroatoms. The Labute approximate surface area is 127 Å². The molecule has 112 valence electrons. The number of thioether (sulfide) groups is 1. The van der Waals surface area contributed by atoms with Gasteiger partial charge in [-0.25, -0.2) is 0 Å². The van der Waals surface area contributed by atoms with Crippen LogP contribution in [0.25, 0.3) is 0 Å². The van der Waals surface area contributed by atoms with E-state index >= 15 is 0 Å². The number of ether oxygens (including phenoxy) is 1. The Hall–Kier alpha value is -0.510. The van der Waals surface area contributed by atoms with Crippen LogP contribution in [0.2, 0.25) is 0 Å². The van der Waals surface area contributed by atoms with Crippen LogP contribution in [0.1, 0.15) is 51.6 Å². The highest BCUT2D eigenvalue weighted by atomic mass is 32.2. The van der Waals surface area contributed by atoms with Gasteiger partial charge in [0.15, 0.2) is 0 Å². The summed E-state index contributed by atoms with van der Waals surface area (Å²) in [5.41, 5.74) is 1.45. The largest absolute Gasteiger partial charge is 0.377 e. The number of benzene rings is 1. The molecule has 1 aromatic rings. The first-order chi connectivity index (χ1) is 9.76.